The summed E-state index contributed by atoms with van der Waals surface area (Å²) in [4.78, 5) is 23.0. The zero-order valence-electron chi connectivity index (χ0n) is 32.0. The van der Waals surface area contributed by atoms with Gasteiger partial charge < -0.3 is 9.80 Å². The number of nitrogens with zero attached hydrogens (tertiary/aromatic N) is 6. The third-order valence-corrected chi connectivity index (χ3v) is 7.91. The number of piperidine rings is 2. The third-order valence-electron chi connectivity index (χ3n) is 6.11. The van der Waals surface area contributed by atoms with Crippen LogP contribution < -0.4 is 9.80 Å². The van der Waals surface area contributed by atoms with Gasteiger partial charge in [0.25, 0.3) is 0 Å². The maximum Gasteiger partial charge on any atom is 0.150 e. The summed E-state index contributed by atoms with van der Waals surface area (Å²) in [6.45, 7) is 32.5. The van der Waals surface area contributed by atoms with Crippen LogP contribution in [0.3, 0.4) is 0 Å². The van der Waals surface area contributed by atoms with E-state index in [-0.39, 0.29) is 0 Å². The van der Waals surface area contributed by atoms with Crippen molar-refractivity contribution in [3.05, 3.63) is 34.5 Å². The molecule has 0 amide bonds. The lowest BCUT2D eigenvalue weighted by molar-refractivity contribution is 0.574. The SMILES string of the molecule is CC.CC.CC.CC.C[B]C.C[B]C.Cc1nc(N2CCCCC2)c2sccc2n1.Cc1nc(N2CCCCC2)c2sccc2n1. The first kappa shape index (κ1) is 45.9. The highest BCUT2D eigenvalue weighted by Gasteiger charge is 2.18. The second-order valence-corrected chi connectivity index (χ2v) is 11.5. The highest BCUT2D eigenvalue weighted by atomic mass is 32.1. The number of fused-ring (bicyclic) bond motifs is 2. The second-order valence-electron chi connectivity index (χ2n) is 9.71. The quantitative estimate of drug-likeness (QED) is 0.198. The van der Waals surface area contributed by atoms with Crippen LogP contribution in [0.15, 0.2) is 22.9 Å². The Bertz CT molecular complexity index is 1140. The summed E-state index contributed by atoms with van der Waals surface area (Å²) >= 11 is 3.50. The second kappa shape index (κ2) is 30.2. The van der Waals surface area contributed by atoms with Crippen molar-refractivity contribution >= 4 is 69.3 Å². The minimum absolute atomic E-state index is 0.881. The van der Waals surface area contributed by atoms with Crippen LogP contribution in [0.2, 0.25) is 27.3 Å². The molecule has 258 valence electrons. The van der Waals surface area contributed by atoms with Crippen LogP contribution in [0, 0.1) is 13.8 Å². The molecule has 2 radical (unpaired) electrons. The van der Waals surface area contributed by atoms with Gasteiger partial charge in [0.15, 0.2) is 0 Å². The van der Waals surface area contributed by atoms with E-state index in [1.807, 2.05) is 111 Å². The minimum Gasteiger partial charge on any atom is -0.355 e. The first-order chi connectivity index (χ1) is 22.5. The summed E-state index contributed by atoms with van der Waals surface area (Å²) in [5, 5.41) is 4.21. The lowest BCUT2D eigenvalue weighted by Crippen LogP contribution is -2.30. The summed E-state index contributed by atoms with van der Waals surface area (Å²) in [5.41, 5.74) is 2.19. The molecule has 10 heteroatoms. The third kappa shape index (κ3) is 16.1. The zero-order chi connectivity index (χ0) is 35.3. The van der Waals surface area contributed by atoms with Gasteiger partial charge in [-0.05, 0) is 75.3 Å². The van der Waals surface area contributed by atoms with Gasteiger partial charge in [-0.1, -0.05) is 82.7 Å². The molecule has 0 spiro atoms. The molecule has 0 atom stereocenters. The van der Waals surface area contributed by atoms with Crippen molar-refractivity contribution in [3.63, 3.8) is 0 Å². The van der Waals surface area contributed by atoms with Crippen LogP contribution in [0.5, 0.6) is 0 Å². The average Bonchev–Trinajstić information content (AvgIpc) is 3.79. The van der Waals surface area contributed by atoms with Gasteiger partial charge in [0.05, 0.1) is 20.4 Å². The van der Waals surface area contributed by atoms with E-state index >= 15 is 0 Å². The summed E-state index contributed by atoms with van der Waals surface area (Å²) in [6, 6.07) is 4.17. The summed E-state index contributed by atoms with van der Waals surface area (Å²) in [5.74, 6) is 4.06. The van der Waals surface area contributed by atoms with Crippen molar-refractivity contribution in [1.29, 1.82) is 0 Å². The normalized spacial score (nSPS) is 12.9. The number of hydrogen-bond donors (Lipinski definition) is 0. The molecule has 0 saturated carbocycles. The van der Waals surface area contributed by atoms with Gasteiger partial charge in [0.1, 0.15) is 37.8 Å². The fourth-order valence-corrected chi connectivity index (χ4v) is 6.26. The van der Waals surface area contributed by atoms with Gasteiger partial charge in [-0.3, -0.25) is 0 Å². The van der Waals surface area contributed by atoms with Crippen LogP contribution in [-0.2, 0) is 0 Å². The van der Waals surface area contributed by atoms with Gasteiger partial charge in [-0.25, -0.2) is 19.9 Å². The molecule has 4 aromatic rings. The first-order valence-corrected chi connectivity index (χ1v) is 19.7. The fraction of sp³-hybridized carbons (Fsp3) is 0.667. The largest absolute Gasteiger partial charge is 0.355 e. The van der Waals surface area contributed by atoms with Crippen LogP contribution >= 0.6 is 22.7 Å². The zero-order valence-corrected chi connectivity index (χ0v) is 33.7. The number of hydrogen-bond acceptors (Lipinski definition) is 8. The summed E-state index contributed by atoms with van der Waals surface area (Å²) in [6.07, 6.45) is 7.86. The van der Waals surface area contributed by atoms with E-state index in [4.69, 9.17) is 0 Å². The van der Waals surface area contributed by atoms with Crippen molar-refractivity contribution in [2.75, 3.05) is 36.0 Å². The molecule has 6 heterocycles. The van der Waals surface area contributed by atoms with E-state index in [0.29, 0.717) is 0 Å². The molecular formula is C36H66B2N6S2. The van der Waals surface area contributed by atoms with Gasteiger partial charge >= 0.3 is 0 Å². The Kier molecular flexibility index (Phi) is 30.1. The Balaban J connectivity index is 0. The van der Waals surface area contributed by atoms with Crippen molar-refractivity contribution in [3.8, 4) is 0 Å². The van der Waals surface area contributed by atoms with Gasteiger partial charge in [0.2, 0.25) is 0 Å². The fourth-order valence-electron chi connectivity index (χ4n) is 4.56. The Labute approximate surface area is 293 Å². The molecular weight excluding hydrogens is 602 g/mol. The monoisotopic (exact) mass is 668 g/mol. The lowest BCUT2D eigenvalue weighted by Gasteiger charge is -2.28. The molecule has 0 bridgehead atoms. The summed E-state index contributed by atoms with van der Waals surface area (Å²) < 4.78 is 2.49. The number of thiophene rings is 2. The smallest absolute Gasteiger partial charge is 0.150 e. The molecule has 2 aliphatic rings. The molecule has 0 N–H and O–H groups in total. The maximum atomic E-state index is 4.62. The van der Waals surface area contributed by atoms with E-state index in [1.54, 1.807) is 22.7 Å². The van der Waals surface area contributed by atoms with Crippen molar-refractivity contribution in [2.45, 2.75) is 135 Å². The van der Waals surface area contributed by atoms with Crippen molar-refractivity contribution in [2.24, 2.45) is 0 Å². The highest BCUT2D eigenvalue weighted by molar-refractivity contribution is 7.18. The Morgan fingerprint density at radius 1 is 0.500 bits per heavy atom. The Morgan fingerprint density at radius 2 is 0.783 bits per heavy atom. The molecule has 2 saturated heterocycles. The first-order valence-electron chi connectivity index (χ1n) is 17.9. The van der Waals surface area contributed by atoms with E-state index in [2.05, 4.69) is 52.6 Å². The van der Waals surface area contributed by atoms with Gasteiger partial charge in [-0.15, -0.1) is 22.7 Å². The molecule has 0 aromatic carbocycles. The molecule has 0 unspecified atom stereocenters. The topological polar surface area (TPSA) is 58.0 Å². The highest BCUT2D eigenvalue weighted by Crippen LogP contribution is 2.31. The number of anilines is 2. The lowest BCUT2D eigenvalue weighted by atomic mass is 9.88. The minimum atomic E-state index is 0.881. The molecule has 6 nitrogen and oxygen atoms in total. The molecule has 6 rings (SSSR count). The molecule has 2 aliphatic heterocycles. The predicted molar refractivity (Wildman–Crippen MR) is 217 cm³/mol. The van der Waals surface area contributed by atoms with E-state index in [0.717, 1.165) is 60.5 Å². The Morgan fingerprint density at radius 3 is 1.07 bits per heavy atom. The van der Waals surface area contributed by atoms with E-state index in [9.17, 15) is 0 Å². The number of aromatic nitrogens is 4. The number of aryl methyl sites for hydroxylation is 2. The van der Waals surface area contributed by atoms with Gasteiger partial charge in [-0.2, -0.15) is 0 Å². The maximum absolute atomic E-state index is 4.62. The molecule has 4 aromatic heterocycles. The molecule has 2 fully saturated rings. The van der Waals surface area contributed by atoms with Crippen molar-refractivity contribution in [1.82, 2.24) is 19.9 Å². The van der Waals surface area contributed by atoms with E-state index in [1.165, 1.54) is 47.9 Å². The van der Waals surface area contributed by atoms with Crippen LogP contribution in [0.1, 0.15) is 106 Å². The summed E-state index contributed by atoms with van der Waals surface area (Å²) in [7, 11) is 4.00. The molecule has 0 aliphatic carbocycles. The number of rotatable bonds is 2. The van der Waals surface area contributed by atoms with Crippen LogP contribution in [0.4, 0.5) is 11.6 Å². The standard InChI is InChI=1S/2C12H15N3S.2C2H6B.4C2H6/c2*1-9-13-10-5-8-16-11(10)12(14-9)15-6-3-2-4-7-15;2*1-3-2;4*1-2/h2*5,8H,2-4,6-7H2,1H3;2*1-2H3;4*1-2H3. The van der Waals surface area contributed by atoms with Crippen LogP contribution in [0.25, 0.3) is 20.4 Å². The average molecular weight is 669 g/mol. The van der Waals surface area contributed by atoms with Crippen molar-refractivity contribution < 1.29 is 0 Å². The van der Waals surface area contributed by atoms with Gasteiger partial charge in [0, 0.05) is 26.2 Å². The Hall–Kier alpha value is -2.19. The van der Waals surface area contributed by atoms with Crippen LogP contribution in [-0.4, -0.2) is 60.7 Å². The molecule has 46 heavy (non-hydrogen) atoms. The van der Waals surface area contributed by atoms with E-state index < -0.39 is 0 Å². The predicted octanol–water partition coefficient (Wildman–Crippen LogP) is 11.7.